The highest BCUT2D eigenvalue weighted by Crippen LogP contribution is 2.40. The fourth-order valence-electron chi connectivity index (χ4n) is 4.51. The van der Waals surface area contributed by atoms with Crippen molar-refractivity contribution in [3.05, 3.63) is 0 Å². The molecule has 3 aliphatic rings. The number of hydrogen-bond acceptors (Lipinski definition) is 5. The van der Waals surface area contributed by atoms with Crippen LogP contribution in [0.25, 0.3) is 0 Å². The van der Waals surface area contributed by atoms with Crippen molar-refractivity contribution in [3.8, 4) is 0 Å². The number of aliphatic hydroxyl groups is 1. The van der Waals surface area contributed by atoms with Crippen LogP contribution in [0.2, 0.25) is 0 Å². The van der Waals surface area contributed by atoms with Gasteiger partial charge in [-0.1, -0.05) is 6.92 Å². The van der Waals surface area contributed by atoms with Crippen molar-refractivity contribution < 1.29 is 14.7 Å². The van der Waals surface area contributed by atoms with E-state index in [9.17, 15) is 9.59 Å². The molecule has 3 aliphatic heterocycles. The summed E-state index contributed by atoms with van der Waals surface area (Å²) in [5.41, 5.74) is -0.399. The third-order valence-corrected chi connectivity index (χ3v) is 6.17. The van der Waals surface area contributed by atoms with E-state index < -0.39 is 5.41 Å². The second kappa shape index (κ2) is 8.01. The molecule has 1 unspecified atom stereocenters. The number of carbonyl (C=O) groups is 2. The van der Waals surface area contributed by atoms with Crippen LogP contribution in [0.1, 0.15) is 26.2 Å². The summed E-state index contributed by atoms with van der Waals surface area (Å²) in [4.78, 5) is 33.9. The van der Waals surface area contributed by atoms with Gasteiger partial charge in [-0.2, -0.15) is 0 Å². The number of rotatable bonds is 5. The highest BCUT2D eigenvalue weighted by molar-refractivity contribution is 5.86. The van der Waals surface area contributed by atoms with Crippen molar-refractivity contribution in [2.75, 3.05) is 72.1 Å². The minimum atomic E-state index is -0.399. The van der Waals surface area contributed by atoms with Crippen molar-refractivity contribution in [2.24, 2.45) is 5.41 Å². The lowest BCUT2D eigenvalue weighted by molar-refractivity contribution is -0.146. The molecule has 3 fully saturated rings. The lowest BCUT2D eigenvalue weighted by Crippen LogP contribution is -2.52. The number of amides is 2. The van der Waals surface area contributed by atoms with Crippen LogP contribution in [0.5, 0.6) is 0 Å². The topological polar surface area (TPSA) is 67.3 Å². The Morgan fingerprint density at radius 3 is 2.48 bits per heavy atom. The first kappa shape index (κ1) is 18.6. The van der Waals surface area contributed by atoms with Crippen LogP contribution < -0.4 is 0 Å². The Morgan fingerprint density at radius 1 is 1.08 bits per heavy atom. The van der Waals surface area contributed by atoms with Crippen LogP contribution in [0, 0.1) is 5.41 Å². The molecule has 3 rings (SSSR count). The summed E-state index contributed by atoms with van der Waals surface area (Å²) in [6.45, 7) is 10.1. The Morgan fingerprint density at radius 2 is 1.80 bits per heavy atom. The molecule has 0 aromatic carbocycles. The largest absolute Gasteiger partial charge is 0.395 e. The molecule has 7 nitrogen and oxygen atoms in total. The van der Waals surface area contributed by atoms with Crippen molar-refractivity contribution in [3.63, 3.8) is 0 Å². The first-order chi connectivity index (χ1) is 12.1. The second-order valence-corrected chi connectivity index (χ2v) is 7.68. The zero-order valence-corrected chi connectivity index (χ0v) is 15.5. The first-order valence-electron chi connectivity index (χ1n) is 9.71. The summed E-state index contributed by atoms with van der Waals surface area (Å²) < 4.78 is 0. The minimum absolute atomic E-state index is 0.00814. The number of β-amino-alcohol motifs (C(OH)–C–C–N with tert-alkyl or cyclic N) is 1. The monoisotopic (exact) mass is 352 g/mol. The molecule has 3 heterocycles. The summed E-state index contributed by atoms with van der Waals surface area (Å²) in [7, 11) is 0. The Hall–Kier alpha value is -1.18. The van der Waals surface area contributed by atoms with Gasteiger partial charge in [-0.05, 0) is 25.8 Å². The van der Waals surface area contributed by atoms with Gasteiger partial charge in [-0.3, -0.25) is 14.5 Å². The highest BCUT2D eigenvalue weighted by atomic mass is 16.3. The van der Waals surface area contributed by atoms with E-state index in [4.69, 9.17) is 5.11 Å². The number of hydrogen-bond donors (Lipinski definition) is 1. The second-order valence-electron chi connectivity index (χ2n) is 7.68. The maximum Gasteiger partial charge on any atom is 0.236 e. The molecule has 3 saturated heterocycles. The third-order valence-electron chi connectivity index (χ3n) is 6.17. The SMILES string of the molecule is CCN1CCN(CC(=O)N2CCC3(CCCN(CCO)C3=O)C2)CC1. The van der Waals surface area contributed by atoms with Gasteiger partial charge >= 0.3 is 0 Å². The van der Waals surface area contributed by atoms with Gasteiger partial charge in [0.25, 0.3) is 0 Å². The molecule has 25 heavy (non-hydrogen) atoms. The predicted molar refractivity (Wildman–Crippen MR) is 95.1 cm³/mol. The van der Waals surface area contributed by atoms with Gasteiger partial charge < -0.3 is 19.8 Å². The van der Waals surface area contributed by atoms with Crippen LogP contribution in [-0.2, 0) is 9.59 Å². The number of likely N-dealkylation sites (tertiary alicyclic amines) is 2. The number of carbonyl (C=O) groups excluding carboxylic acids is 2. The maximum atomic E-state index is 12.8. The van der Waals surface area contributed by atoms with E-state index >= 15 is 0 Å². The van der Waals surface area contributed by atoms with E-state index in [1.165, 1.54) is 0 Å². The molecular formula is C18H32N4O3. The molecule has 0 radical (unpaired) electrons. The highest BCUT2D eigenvalue weighted by Gasteiger charge is 2.49. The van der Waals surface area contributed by atoms with Crippen molar-refractivity contribution in [1.82, 2.24) is 19.6 Å². The van der Waals surface area contributed by atoms with Crippen LogP contribution in [0.4, 0.5) is 0 Å². The molecule has 2 amide bonds. The minimum Gasteiger partial charge on any atom is -0.395 e. The van der Waals surface area contributed by atoms with Crippen LogP contribution in [0.15, 0.2) is 0 Å². The first-order valence-corrected chi connectivity index (χ1v) is 9.71. The Balaban J connectivity index is 1.53. The van der Waals surface area contributed by atoms with E-state index in [1.54, 1.807) is 4.90 Å². The molecule has 0 aromatic rings. The van der Waals surface area contributed by atoms with Crippen LogP contribution >= 0.6 is 0 Å². The maximum absolute atomic E-state index is 12.8. The van der Waals surface area contributed by atoms with E-state index in [2.05, 4.69) is 16.7 Å². The average Bonchev–Trinajstić information content (AvgIpc) is 3.05. The van der Waals surface area contributed by atoms with Crippen molar-refractivity contribution in [2.45, 2.75) is 26.2 Å². The van der Waals surface area contributed by atoms with E-state index in [0.29, 0.717) is 26.2 Å². The molecule has 142 valence electrons. The van der Waals surface area contributed by atoms with Crippen LogP contribution in [0.3, 0.4) is 0 Å². The smallest absolute Gasteiger partial charge is 0.236 e. The van der Waals surface area contributed by atoms with Crippen LogP contribution in [-0.4, -0.2) is 109 Å². The van der Waals surface area contributed by atoms with Gasteiger partial charge in [0.15, 0.2) is 0 Å². The van der Waals surface area contributed by atoms with Crippen molar-refractivity contribution >= 4 is 11.8 Å². The standard InChI is InChI=1S/C18H32N4O3/c1-2-19-8-10-20(11-9-19)14-16(24)22-7-5-18(15-22)4-3-6-21(12-13-23)17(18)25/h23H,2-15H2,1H3. The van der Waals surface area contributed by atoms with Gasteiger partial charge in [0.1, 0.15) is 0 Å². The number of nitrogens with zero attached hydrogens (tertiary/aromatic N) is 4. The zero-order chi connectivity index (χ0) is 17.9. The summed E-state index contributed by atoms with van der Waals surface area (Å²) in [6, 6.07) is 0. The average molecular weight is 352 g/mol. The molecule has 1 atom stereocenters. The van der Waals surface area contributed by atoms with E-state index in [-0.39, 0.29) is 18.4 Å². The third kappa shape index (κ3) is 3.99. The van der Waals surface area contributed by atoms with Gasteiger partial charge in [0, 0.05) is 52.4 Å². The number of likely N-dealkylation sites (N-methyl/N-ethyl adjacent to an activating group) is 1. The molecule has 1 spiro atoms. The fourth-order valence-corrected chi connectivity index (χ4v) is 4.51. The predicted octanol–water partition coefficient (Wildman–Crippen LogP) is -0.543. The molecule has 7 heteroatoms. The van der Waals surface area contributed by atoms with E-state index in [1.807, 2.05) is 4.90 Å². The summed E-state index contributed by atoms with van der Waals surface area (Å²) in [5.74, 6) is 0.300. The fraction of sp³-hybridized carbons (Fsp3) is 0.889. The number of piperidine rings is 1. The van der Waals surface area contributed by atoms with Gasteiger partial charge in [-0.25, -0.2) is 0 Å². The lowest BCUT2D eigenvalue weighted by atomic mass is 9.78. The van der Waals surface area contributed by atoms with E-state index in [0.717, 1.165) is 58.5 Å². The quantitative estimate of drug-likeness (QED) is 0.720. The number of piperazine rings is 1. The molecule has 0 aliphatic carbocycles. The Labute approximate surface area is 150 Å². The van der Waals surface area contributed by atoms with Gasteiger partial charge in [0.2, 0.25) is 11.8 Å². The molecule has 0 saturated carbocycles. The summed E-state index contributed by atoms with van der Waals surface area (Å²) >= 11 is 0. The molecule has 0 aromatic heterocycles. The van der Waals surface area contributed by atoms with Gasteiger partial charge in [0.05, 0.1) is 18.6 Å². The molecule has 0 bridgehead atoms. The lowest BCUT2D eigenvalue weighted by Gasteiger charge is -2.39. The normalized spacial score (nSPS) is 29.0. The van der Waals surface area contributed by atoms with Gasteiger partial charge in [-0.15, -0.1) is 0 Å². The zero-order valence-electron chi connectivity index (χ0n) is 15.5. The Kier molecular flexibility index (Phi) is 5.96. The number of aliphatic hydroxyl groups excluding tert-OH is 1. The summed E-state index contributed by atoms with van der Waals surface area (Å²) in [5, 5.41) is 9.16. The summed E-state index contributed by atoms with van der Waals surface area (Å²) in [6.07, 6.45) is 2.60. The van der Waals surface area contributed by atoms with Crippen molar-refractivity contribution in [1.29, 1.82) is 0 Å². The molecular weight excluding hydrogens is 320 g/mol. The molecule has 1 N–H and O–H groups in total. The Bertz CT molecular complexity index is 491.